The van der Waals surface area contributed by atoms with E-state index in [1.165, 1.54) is 38.9 Å². The molecule has 11 rings (SSSR count). The van der Waals surface area contributed by atoms with Gasteiger partial charge in [0.1, 0.15) is 11.2 Å². The molecule has 0 aliphatic heterocycles. The lowest BCUT2D eigenvalue weighted by Crippen LogP contribution is -2.23. The molecule has 2 aromatic heterocycles. The highest BCUT2D eigenvalue weighted by Gasteiger charge is 2.42. The molecule has 0 N–H and O–H groups in total. The van der Waals surface area contributed by atoms with E-state index in [1.807, 2.05) is 30.3 Å². The molecule has 0 spiro atoms. The summed E-state index contributed by atoms with van der Waals surface area (Å²) >= 11 is 0. The van der Waals surface area contributed by atoms with Crippen LogP contribution in [0.25, 0.3) is 89.2 Å². The first-order valence-corrected chi connectivity index (χ1v) is 19.5. The molecule has 10 aromatic rings. The van der Waals surface area contributed by atoms with Crippen LogP contribution in [-0.2, 0) is 5.41 Å². The van der Waals surface area contributed by atoms with Gasteiger partial charge in [-0.3, -0.25) is 0 Å². The summed E-state index contributed by atoms with van der Waals surface area (Å²) in [5, 5.41) is 2.25. The minimum absolute atomic E-state index is 0.289. The molecule has 0 saturated heterocycles. The van der Waals surface area contributed by atoms with Crippen LogP contribution in [0.3, 0.4) is 0 Å². The summed E-state index contributed by atoms with van der Waals surface area (Å²) in [7, 11) is 0. The molecule has 1 atom stereocenters. The predicted molar refractivity (Wildman–Crippen MR) is 234 cm³/mol. The number of furan rings is 1. The van der Waals surface area contributed by atoms with Crippen molar-refractivity contribution >= 4 is 21.9 Å². The number of aromatic nitrogens is 2. The summed E-state index contributed by atoms with van der Waals surface area (Å²) in [6.45, 7) is 2.38. The Balaban J connectivity index is 0.988. The Labute approximate surface area is 331 Å². The van der Waals surface area contributed by atoms with E-state index < -0.39 is 0 Å². The average molecular weight is 729 g/mol. The predicted octanol–water partition coefficient (Wildman–Crippen LogP) is 14.0. The minimum Gasteiger partial charge on any atom is -0.455 e. The molecular weight excluding hydrogens is 693 g/mol. The lowest BCUT2D eigenvalue weighted by atomic mass is 9.72. The van der Waals surface area contributed by atoms with E-state index in [1.54, 1.807) is 0 Å². The van der Waals surface area contributed by atoms with Crippen molar-refractivity contribution in [3.05, 3.63) is 217 Å². The fourth-order valence-electron chi connectivity index (χ4n) is 8.99. The summed E-state index contributed by atoms with van der Waals surface area (Å²) in [5.41, 5.74) is 17.5. The summed E-state index contributed by atoms with van der Waals surface area (Å²) in [5.74, 6) is 0.695. The van der Waals surface area contributed by atoms with E-state index in [4.69, 9.17) is 14.4 Å². The molecule has 3 nitrogen and oxygen atoms in total. The monoisotopic (exact) mass is 728 g/mol. The first-order chi connectivity index (χ1) is 28.1. The standard InChI is InChI=1S/C54H36N2O/c1-54(40-16-6-3-7-17-40)47-24-10-8-18-43(47)45-22-12-20-41(51(45)54)35-26-30-37(31-27-35)48-34-49(56-53(55-48)39-14-4-2-5-15-39)38-32-28-36(29-33-38)42-21-13-23-46-44-19-9-11-25-50(44)57-52(42)46/h2-34H,1H3. The van der Waals surface area contributed by atoms with E-state index in [-0.39, 0.29) is 5.41 Å². The lowest BCUT2D eigenvalue weighted by Gasteiger charge is -2.30. The summed E-state index contributed by atoms with van der Waals surface area (Å²) in [6, 6.07) is 71.0. The van der Waals surface area contributed by atoms with Crippen molar-refractivity contribution in [1.82, 2.24) is 9.97 Å². The smallest absolute Gasteiger partial charge is 0.160 e. The van der Waals surface area contributed by atoms with Crippen molar-refractivity contribution in [3.63, 3.8) is 0 Å². The Morgan fingerprint density at radius 3 is 1.67 bits per heavy atom. The topological polar surface area (TPSA) is 38.9 Å². The SMILES string of the molecule is CC1(c2ccccc2)c2ccccc2-c2cccc(-c3ccc(-c4cc(-c5ccc(-c6cccc7c6oc6ccccc67)cc5)nc(-c5ccccc5)n4)cc3)c21. The molecule has 3 heteroatoms. The quantitative estimate of drug-likeness (QED) is 0.171. The Bertz CT molecular complexity index is 3110. The van der Waals surface area contributed by atoms with Crippen LogP contribution >= 0.6 is 0 Å². The first-order valence-electron chi connectivity index (χ1n) is 19.5. The normalized spacial score (nSPS) is 14.5. The van der Waals surface area contributed by atoms with Gasteiger partial charge in [-0.1, -0.05) is 188 Å². The molecule has 0 fully saturated rings. The fraction of sp³-hybridized carbons (Fsp3) is 0.0370. The number of nitrogens with zero attached hydrogens (tertiary/aromatic N) is 2. The zero-order valence-electron chi connectivity index (χ0n) is 31.4. The van der Waals surface area contributed by atoms with E-state index in [0.29, 0.717) is 5.82 Å². The van der Waals surface area contributed by atoms with E-state index in [9.17, 15) is 0 Å². The van der Waals surface area contributed by atoms with Crippen molar-refractivity contribution < 1.29 is 4.42 Å². The van der Waals surface area contributed by atoms with Crippen molar-refractivity contribution in [2.45, 2.75) is 12.3 Å². The second kappa shape index (κ2) is 13.1. The molecule has 2 heterocycles. The van der Waals surface area contributed by atoms with E-state index >= 15 is 0 Å². The van der Waals surface area contributed by atoms with Crippen LogP contribution in [0.1, 0.15) is 23.6 Å². The van der Waals surface area contributed by atoms with Gasteiger partial charge in [-0.2, -0.15) is 0 Å². The van der Waals surface area contributed by atoms with Gasteiger partial charge >= 0.3 is 0 Å². The van der Waals surface area contributed by atoms with Gasteiger partial charge in [-0.05, 0) is 63.6 Å². The maximum atomic E-state index is 6.37. The molecule has 0 radical (unpaired) electrons. The Morgan fingerprint density at radius 2 is 0.930 bits per heavy atom. The van der Waals surface area contributed by atoms with Crippen LogP contribution in [0.4, 0.5) is 0 Å². The molecular formula is C54H36N2O. The highest BCUT2D eigenvalue weighted by molar-refractivity contribution is 6.09. The van der Waals surface area contributed by atoms with Gasteiger partial charge in [-0.25, -0.2) is 9.97 Å². The van der Waals surface area contributed by atoms with Crippen LogP contribution in [-0.4, -0.2) is 9.97 Å². The number of para-hydroxylation sites is 2. The van der Waals surface area contributed by atoms with Gasteiger partial charge in [0, 0.05) is 38.4 Å². The van der Waals surface area contributed by atoms with Crippen LogP contribution in [0.5, 0.6) is 0 Å². The molecule has 1 aliphatic rings. The van der Waals surface area contributed by atoms with Crippen LogP contribution in [0, 0.1) is 0 Å². The number of hydrogen-bond donors (Lipinski definition) is 0. The van der Waals surface area contributed by atoms with Gasteiger partial charge in [0.05, 0.1) is 11.4 Å². The number of rotatable bonds is 6. The van der Waals surface area contributed by atoms with Crippen LogP contribution in [0.2, 0.25) is 0 Å². The first kappa shape index (κ1) is 33.0. The van der Waals surface area contributed by atoms with Gasteiger partial charge in [0.2, 0.25) is 0 Å². The van der Waals surface area contributed by atoms with Gasteiger partial charge in [0.15, 0.2) is 5.82 Å². The van der Waals surface area contributed by atoms with Crippen molar-refractivity contribution in [1.29, 1.82) is 0 Å². The number of hydrogen-bond acceptors (Lipinski definition) is 3. The third-order valence-corrected chi connectivity index (χ3v) is 11.8. The number of fused-ring (bicyclic) bond motifs is 6. The number of benzene rings is 8. The highest BCUT2D eigenvalue weighted by atomic mass is 16.3. The highest BCUT2D eigenvalue weighted by Crippen LogP contribution is 2.55. The summed E-state index contributed by atoms with van der Waals surface area (Å²) < 4.78 is 6.37. The molecule has 57 heavy (non-hydrogen) atoms. The van der Waals surface area contributed by atoms with Crippen molar-refractivity contribution in [2.75, 3.05) is 0 Å². The van der Waals surface area contributed by atoms with Crippen LogP contribution in [0.15, 0.2) is 205 Å². The van der Waals surface area contributed by atoms with Gasteiger partial charge in [0.25, 0.3) is 0 Å². The largest absolute Gasteiger partial charge is 0.455 e. The summed E-state index contributed by atoms with van der Waals surface area (Å²) in [6.07, 6.45) is 0. The second-order valence-corrected chi connectivity index (χ2v) is 15.0. The Hall–Kier alpha value is -7.36. The Kier molecular flexibility index (Phi) is 7.61. The van der Waals surface area contributed by atoms with Crippen molar-refractivity contribution in [2.24, 2.45) is 0 Å². The molecule has 0 amide bonds. The molecule has 1 unspecified atom stereocenters. The molecule has 8 aromatic carbocycles. The summed E-state index contributed by atoms with van der Waals surface area (Å²) in [4.78, 5) is 10.3. The minimum atomic E-state index is -0.289. The third kappa shape index (κ3) is 5.35. The maximum absolute atomic E-state index is 6.37. The van der Waals surface area contributed by atoms with E-state index in [2.05, 4.69) is 177 Å². The molecule has 0 bridgehead atoms. The van der Waals surface area contributed by atoms with E-state index in [0.717, 1.165) is 61.1 Å². The molecule has 1 aliphatic carbocycles. The van der Waals surface area contributed by atoms with Crippen molar-refractivity contribution in [3.8, 4) is 67.3 Å². The molecule has 0 saturated carbocycles. The third-order valence-electron chi connectivity index (χ3n) is 11.8. The lowest BCUT2D eigenvalue weighted by molar-refractivity contribution is 0.670. The fourth-order valence-corrected chi connectivity index (χ4v) is 8.99. The second-order valence-electron chi connectivity index (χ2n) is 15.0. The maximum Gasteiger partial charge on any atom is 0.160 e. The van der Waals surface area contributed by atoms with Crippen LogP contribution < -0.4 is 0 Å². The molecule has 268 valence electrons. The van der Waals surface area contributed by atoms with Gasteiger partial charge in [-0.15, -0.1) is 0 Å². The average Bonchev–Trinajstić information content (AvgIpc) is 3.80. The zero-order chi connectivity index (χ0) is 37.9. The Morgan fingerprint density at radius 1 is 0.404 bits per heavy atom. The zero-order valence-corrected chi connectivity index (χ0v) is 31.4. The van der Waals surface area contributed by atoms with Gasteiger partial charge < -0.3 is 4.42 Å².